The van der Waals surface area contributed by atoms with E-state index in [0.717, 1.165) is 30.6 Å². The molecule has 1 fully saturated rings. The summed E-state index contributed by atoms with van der Waals surface area (Å²) >= 11 is 0. The van der Waals surface area contributed by atoms with Gasteiger partial charge in [-0.2, -0.15) is 0 Å². The van der Waals surface area contributed by atoms with Gasteiger partial charge in [0.1, 0.15) is 5.82 Å². The standard InChI is InChI=1S/C14H19N3O3/c1-9-15-11-7-17(6-10(11)13(19)16-9)8-14(3-4-14)5-12(18)20-2/h3-8H2,1-2H3,(H,15,16,19). The van der Waals surface area contributed by atoms with Gasteiger partial charge in [-0.25, -0.2) is 4.98 Å². The van der Waals surface area contributed by atoms with Crippen LogP contribution in [-0.4, -0.2) is 34.5 Å². The summed E-state index contributed by atoms with van der Waals surface area (Å²) < 4.78 is 4.76. The maximum Gasteiger partial charge on any atom is 0.306 e. The van der Waals surface area contributed by atoms with E-state index in [-0.39, 0.29) is 16.9 Å². The molecule has 0 unspecified atom stereocenters. The van der Waals surface area contributed by atoms with Crippen LogP contribution in [0.2, 0.25) is 0 Å². The molecule has 0 amide bonds. The predicted molar refractivity (Wildman–Crippen MR) is 72.0 cm³/mol. The molecule has 1 aromatic rings. The Hall–Kier alpha value is -1.69. The molecule has 0 atom stereocenters. The molecule has 1 aromatic heterocycles. The van der Waals surface area contributed by atoms with Crippen molar-refractivity contribution in [1.82, 2.24) is 14.9 Å². The number of carbonyl (C=O) groups excluding carboxylic acids is 1. The minimum Gasteiger partial charge on any atom is -0.469 e. The lowest BCUT2D eigenvalue weighted by Gasteiger charge is -2.21. The molecule has 108 valence electrons. The van der Waals surface area contributed by atoms with Gasteiger partial charge < -0.3 is 9.72 Å². The number of nitrogens with one attached hydrogen (secondary N) is 1. The molecule has 1 N–H and O–H groups in total. The van der Waals surface area contributed by atoms with Gasteiger partial charge in [0.2, 0.25) is 0 Å². The molecular formula is C14H19N3O3. The van der Waals surface area contributed by atoms with E-state index in [1.807, 2.05) is 0 Å². The third-order valence-corrected chi connectivity index (χ3v) is 4.24. The molecular weight excluding hydrogens is 258 g/mol. The number of methoxy groups -OCH3 is 1. The largest absolute Gasteiger partial charge is 0.469 e. The van der Waals surface area contributed by atoms with Crippen LogP contribution in [0, 0.1) is 12.3 Å². The summed E-state index contributed by atoms with van der Waals surface area (Å²) in [6, 6.07) is 0. The van der Waals surface area contributed by atoms with Crippen LogP contribution in [0.5, 0.6) is 0 Å². The Morgan fingerprint density at radius 1 is 1.45 bits per heavy atom. The second-order valence-corrected chi connectivity index (χ2v) is 5.97. The highest BCUT2D eigenvalue weighted by molar-refractivity contribution is 5.70. The molecule has 20 heavy (non-hydrogen) atoms. The van der Waals surface area contributed by atoms with Gasteiger partial charge in [0.15, 0.2) is 0 Å². The zero-order chi connectivity index (χ0) is 14.3. The summed E-state index contributed by atoms with van der Waals surface area (Å²) in [7, 11) is 1.43. The molecule has 0 saturated heterocycles. The Bertz CT molecular complexity index is 604. The molecule has 2 heterocycles. The highest BCUT2D eigenvalue weighted by Crippen LogP contribution is 2.50. The third kappa shape index (κ3) is 2.47. The van der Waals surface area contributed by atoms with E-state index in [2.05, 4.69) is 14.9 Å². The van der Waals surface area contributed by atoms with Gasteiger partial charge >= 0.3 is 5.97 Å². The van der Waals surface area contributed by atoms with Gasteiger partial charge in [0, 0.05) is 19.6 Å². The van der Waals surface area contributed by atoms with Crippen LogP contribution in [0.15, 0.2) is 4.79 Å². The number of esters is 1. The average molecular weight is 277 g/mol. The SMILES string of the molecule is COC(=O)CC1(CN2Cc3nc(C)[nH]c(=O)c3C2)CC1. The predicted octanol–water partition coefficient (Wildman–Crippen LogP) is 0.737. The van der Waals surface area contributed by atoms with Crippen molar-refractivity contribution in [2.45, 2.75) is 39.3 Å². The number of aromatic nitrogens is 2. The van der Waals surface area contributed by atoms with Gasteiger partial charge in [0.25, 0.3) is 5.56 Å². The van der Waals surface area contributed by atoms with Crippen LogP contribution in [-0.2, 0) is 22.6 Å². The summed E-state index contributed by atoms with van der Waals surface area (Å²) in [4.78, 5) is 32.7. The number of aromatic amines is 1. The highest BCUT2D eigenvalue weighted by Gasteiger charge is 2.46. The number of nitrogens with zero attached hydrogens (tertiary/aromatic N) is 2. The van der Waals surface area contributed by atoms with Crippen molar-refractivity contribution in [1.29, 1.82) is 0 Å². The van der Waals surface area contributed by atoms with Gasteiger partial charge in [0.05, 0.1) is 24.8 Å². The van der Waals surface area contributed by atoms with E-state index >= 15 is 0 Å². The first kappa shape index (κ1) is 13.3. The highest BCUT2D eigenvalue weighted by atomic mass is 16.5. The van der Waals surface area contributed by atoms with Crippen LogP contribution in [0.4, 0.5) is 0 Å². The molecule has 3 rings (SSSR count). The lowest BCUT2D eigenvalue weighted by atomic mass is 10.0. The van der Waals surface area contributed by atoms with Crippen molar-refractivity contribution in [3.05, 3.63) is 27.4 Å². The number of aryl methyl sites for hydroxylation is 1. The van der Waals surface area contributed by atoms with Crippen LogP contribution < -0.4 is 5.56 Å². The molecule has 0 bridgehead atoms. The quantitative estimate of drug-likeness (QED) is 0.821. The summed E-state index contributed by atoms with van der Waals surface area (Å²) in [6.07, 6.45) is 2.58. The van der Waals surface area contributed by atoms with Crippen LogP contribution >= 0.6 is 0 Å². The fourth-order valence-electron chi connectivity index (χ4n) is 2.99. The Labute approximate surface area is 117 Å². The van der Waals surface area contributed by atoms with Crippen molar-refractivity contribution >= 4 is 5.97 Å². The lowest BCUT2D eigenvalue weighted by Crippen LogP contribution is -2.28. The van der Waals surface area contributed by atoms with E-state index in [1.165, 1.54) is 7.11 Å². The van der Waals surface area contributed by atoms with Gasteiger partial charge in [-0.1, -0.05) is 0 Å². The molecule has 6 nitrogen and oxygen atoms in total. The monoisotopic (exact) mass is 277 g/mol. The number of H-pyrrole nitrogens is 1. The van der Waals surface area contributed by atoms with Gasteiger partial charge in [-0.05, 0) is 25.2 Å². The minimum absolute atomic E-state index is 0.0344. The molecule has 2 aliphatic rings. The first-order chi connectivity index (χ1) is 9.51. The third-order valence-electron chi connectivity index (χ3n) is 4.24. The van der Waals surface area contributed by atoms with Crippen molar-refractivity contribution in [3.8, 4) is 0 Å². The summed E-state index contributed by atoms with van der Waals surface area (Å²) in [5.74, 6) is 0.511. The Balaban J connectivity index is 1.69. The zero-order valence-electron chi connectivity index (χ0n) is 11.9. The summed E-state index contributed by atoms with van der Waals surface area (Å²) in [5.41, 5.74) is 1.66. The second kappa shape index (κ2) is 4.70. The Kier molecular flexibility index (Phi) is 3.12. The van der Waals surface area contributed by atoms with E-state index in [1.54, 1.807) is 6.92 Å². The fourth-order valence-corrected chi connectivity index (χ4v) is 2.99. The molecule has 6 heteroatoms. The van der Waals surface area contributed by atoms with Crippen molar-refractivity contribution < 1.29 is 9.53 Å². The maximum absolute atomic E-state index is 11.9. The number of ether oxygens (including phenoxy) is 1. The van der Waals surface area contributed by atoms with Crippen molar-refractivity contribution in [2.75, 3.05) is 13.7 Å². The first-order valence-corrected chi connectivity index (χ1v) is 6.89. The van der Waals surface area contributed by atoms with E-state index in [0.29, 0.717) is 25.3 Å². The topological polar surface area (TPSA) is 75.3 Å². The maximum atomic E-state index is 11.9. The fraction of sp³-hybridized carbons (Fsp3) is 0.643. The number of rotatable bonds is 4. The number of hydrogen-bond donors (Lipinski definition) is 1. The lowest BCUT2D eigenvalue weighted by molar-refractivity contribution is -0.142. The summed E-state index contributed by atoms with van der Waals surface area (Å²) in [6.45, 7) is 3.95. The van der Waals surface area contributed by atoms with E-state index in [9.17, 15) is 9.59 Å². The second-order valence-electron chi connectivity index (χ2n) is 5.97. The van der Waals surface area contributed by atoms with Crippen molar-refractivity contribution in [2.24, 2.45) is 5.41 Å². The molecule has 1 aliphatic carbocycles. The molecule has 0 aromatic carbocycles. The van der Waals surface area contributed by atoms with Crippen LogP contribution in [0.1, 0.15) is 36.3 Å². The molecule has 1 saturated carbocycles. The van der Waals surface area contributed by atoms with Gasteiger partial charge in [-0.3, -0.25) is 14.5 Å². The minimum atomic E-state index is -0.147. The smallest absolute Gasteiger partial charge is 0.306 e. The summed E-state index contributed by atoms with van der Waals surface area (Å²) in [5, 5.41) is 0. The molecule has 0 spiro atoms. The first-order valence-electron chi connectivity index (χ1n) is 6.89. The molecule has 0 radical (unpaired) electrons. The number of fused-ring (bicyclic) bond motifs is 1. The average Bonchev–Trinajstić information content (AvgIpc) is 2.99. The molecule has 1 aliphatic heterocycles. The number of carbonyl (C=O) groups is 1. The number of hydrogen-bond acceptors (Lipinski definition) is 5. The van der Waals surface area contributed by atoms with E-state index in [4.69, 9.17) is 4.74 Å². The Morgan fingerprint density at radius 2 is 2.20 bits per heavy atom. The normalized spacial score (nSPS) is 19.7. The van der Waals surface area contributed by atoms with Gasteiger partial charge in [-0.15, -0.1) is 0 Å². The van der Waals surface area contributed by atoms with Crippen molar-refractivity contribution in [3.63, 3.8) is 0 Å². The Morgan fingerprint density at radius 3 is 2.85 bits per heavy atom. The van der Waals surface area contributed by atoms with Crippen LogP contribution in [0.3, 0.4) is 0 Å². The zero-order valence-corrected chi connectivity index (χ0v) is 11.9. The van der Waals surface area contributed by atoms with Crippen LogP contribution in [0.25, 0.3) is 0 Å². The van der Waals surface area contributed by atoms with E-state index < -0.39 is 0 Å².